The quantitative estimate of drug-likeness (QED) is 0.696. The molecule has 0 aliphatic carbocycles. The van der Waals surface area contributed by atoms with E-state index in [4.69, 9.17) is 4.52 Å². The minimum Gasteiger partial charge on any atom is -0.355 e. The van der Waals surface area contributed by atoms with Crippen LogP contribution in [0.5, 0.6) is 0 Å². The molecule has 0 bridgehead atoms. The number of rotatable bonds is 3. The van der Waals surface area contributed by atoms with Gasteiger partial charge in [-0.3, -0.25) is 4.79 Å². The molecule has 0 spiro atoms. The minimum atomic E-state index is -4.49. The largest absolute Gasteiger partial charge is 0.416 e. The molecular formula is C19H15F3N2O2. The van der Waals surface area contributed by atoms with Gasteiger partial charge in [0.2, 0.25) is 0 Å². The predicted octanol–water partition coefficient (Wildman–Crippen LogP) is 5.23. The van der Waals surface area contributed by atoms with Crippen LogP contribution >= 0.6 is 0 Å². The van der Waals surface area contributed by atoms with Crippen molar-refractivity contribution in [2.24, 2.45) is 0 Å². The molecule has 0 atom stereocenters. The van der Waals surface area contributed by atoms with Crippen LogP contribution in [0.4, 0.5) is 18.9 Å². The lowest BCUT2D eigenvalue weighted by Crippen LogP contribution is -2.14. The predicted molar refractivity (Wildman–Crippen MR) is 90.8 cm³/mol. The number of carbonyl (C=O) groups is 1. The van der Waals surface area contributed by atoms with E-state index in [0.29, 0.717) is 11.3 Å². The summed E-state index contributed by atoms with van der Waals surface area (Å²) in [4.78, 5) is 12.6. The van der Waals surface area contributed by atoms with E-state index < -0.39 is 17.6 Å². The van der Waals surface area contributed by atoms with Gasteiger partial charge in [-0.2, -0.15) is 13.2 Å². The summed E-state index contributed by atoms with van der Waals surface area (Å²) >= 11 is 0. The molecule has 1 amide bonds. The van der Waals surface area contributed by atoms with Crippen LogP contribution in [-0.2, 0) is 6.18 Å². The average molecular weight is 360 g/mol. The Labute approximate surface area is 147 Å². The van der Waals surface area contributed by atoms with E-state index >= 15 is 0 Å². The first-order valence-electron chi connectivity index (χ1n) is 7.77. The van der Waals surface area contributed by atoms with Gasteiger partial charge in [-0.15, -0.1) is 0 Å². The van der Waals surface area contributed by atoms with Crippen LogP contribution in [0.3, 0.4) is 0 Å². The number of benzene rings is 2. The van der Waals surface area contributed by atoms with Crippen molar-refractivity contribution in [1.29, 1.82) is 0 Å². The summed E-state index contributed by atoms with van der Waals surface area (Å²) in [5.41, 5.74) is 1.44. The van der Waals surface area contributed by atoms with Crippen LogP contribution in [0.25, 0.3) is 11.3 Å². The van der Waals surface area contributed by atoms with Crippen molar-refractivity contribution in [3.05, 3.63) is 70.9 Å². The third kappa shape index (κ3) is 3.61. The Morgan fingerprint density at radius 3 is 2.42 bits per heavy atom. The standard InChI is InChI=1S/C19H15F3N2O2/c1-11-6-8-13(9-7-11)17-16(12(2)24-26-17)18(25)23-15-5-3-4-14(10-15)19(20,21)22/h3-10H,1-2H3,(H,23,25). The highest BCUT2D eigenvalue weighted by Crippen LogP contribution is 2.31. The van der Waals surface area contributed by atoms with E-state index in [1.54, 1.807) is 19.1 Å². The lowest BCUT2D eigenvalue weighted by molar-refractivity contribution is -0.137. The van der Waals surface area contributed by atoms with Gasteiger partial charge in [-0.1, -0.05) is 41.1 Å². The van der Waals surface area contributed by atoms with Crippen LogP contribution in [0.2, 0.25) is 0 Å². The second-order valence-electron chi connectivity index (χ2n) is 5.87. The highest BCUT2D eigenvalue weighted by Gasteiger charge is 2.30. The van der Waals surface area contributed by atoms with Gasteiger partial charge < -0.3 is 9.84 Å². The Hall–Kier alpha value is -3.09. The fraction of sp³-hybridized carbons (Fsp3) is 0.158. The smallest absolute Gasteiger partial charge is 0.355 e. The topological polar surface area (TPSA) is 55.1 Å². The third-order valence-corrected chi connectivity index (χ3v) is 3.85. The van der Waals surface area contributed by atoms with Gasteiger partial charge in [0.1, 0.15) is 5.56 Å². The minimum absolute atomic E-state index is 0.0419. The fourth-order valence-corrected chi connectivity index (χ4v) is 2.51. The molecule has 26 heavy (non-hydrogen) atoms. The number of amides is 1. The molecule has 3 rings (SSSR count). The summed E-state index contributed by atoms with van der Waals surface area (Å²) in [6.07, 6.45) is -4.49. The van der Waals surface area contributed by atoms with E-state index in [2.05, 4.69) is 10.5 Å². The van der Waals surface area contributed by atoms with Crippen molar-refractivity contribution in [2.45, 2.75) is 20.0 Å². The fourth-order valence-electron chi connectivity index (χ4n) is 2.51. The van der Waals surface area contributed by atoms with Crippen LogP contribution < -0.4 is 5.32 Å². The van der Waals surface area contributed by atoms with Crippen LogP contribution in [0.15, 0.2) is 53.1 Å². The maximum Gasteiger partial charge on any atom is 0.416 e. The maximum atomic E-state index is 12.8. The molecular weight excluding hydrogens is 345 g/mol. The van der Waals surface area contributed by atoms with Crippen molar-refractivity contribution < 1.29 is 22.5 Å². The molecule has 0 fully saturated rings. The van der Waals surface area contributed by atoms with Gasteiger partial charge in [-0.05, 0) is 32.0 Å². The number of aromatic nitrogens is 1. The Bertz CT molecular complexity index is 944. The molecule has 3 aromatic rings. The molecule has 2 aromatic carbocycles. The van der Waals surface area contributed by atoms with Crippen molar-refractivity contribution >= 4 is 11.6 Å². The van der Waals surface area contributed by atoms with Crippen LogP contribution in [-0.4, -0.2) is 11.1 Å². The zero-order chi connectivity index (χ0) is 18.9. The second-order valence-corrected chi connectivity index (χ2v) is 5.87. The van der Waals surface area contributed by atoms with Crippen molar-refractivity contribution in [2.75, 3.05) is 5.32 Å². The first kappa shape index (κ1) is 17.7. The molecule has 0 saturated carbocycles. The van der Waals surface area contributed by atoms with Gasteiger partial charge in [-0.25, -0.2) is 0 Å². The van der Waals surface area contributed by atoms with E-state index in [-0.39, 0.29) is 17.0 Å². The third-order valence-electron chi connectivity index (χ3n) is 3.85. The molecule has 0 aliphatic rings. The number of alkyl halides is 3. The Morgan fingerprint density at radius 2 is 1.77 bits per heavy atom. The summed E-state index contributed by atoms with van der Waals surface area (Å²) in [6, 6.07) is 11.8. The van der Waals surface area contributed by atoms with Crippen LogP contribution in [0.1, 0.15) is 27.2 Å². The Kier molecular flexibility index (Phi) is 4.54. The molecule has 0 unspecified atom stereocenters. The number of anilines is 1. The van der Waals surface area contributed by atoms with Gasteiger partial charge in [0.05, 0.1) is 11.3 Å². The lowest BCUT2D eigenvalue weighted by Gasteiger charge is -2.10. The van der Waals surface area contributed by atoms with Gasteiger partial charge in [0, 0.05) is 11.3 Å². The number of hydrogen-bond donors (Lipinski definition) is 1. The number of nitrogens with one attached hydrogen (secondary N) is 1. The zero-order valence-electron chi connectivity index (χ0n) is 14.0. The molecule has 134 valence electrons. The van der Waals surface area contributed by atoms with Gasteiger partial charge in [0.15, 0.2) is 5.76 Å². The maximum absolute atomic E-state index is 12.8. The van der Waals surface area contributed by atoms with Crippen molar-refractivity contribution in [3.63, 3.8) is 0 Å². The Morgan fingerprint density at radius 1 is 1.08 bits per heavy atom. The van der Waals surface area contributed by atoms with Crippen molar-refractivity contribution in [1.82, 2.24) is 5.16 Å². The van der Waals surface area contributed by atoms with Crippen LogP contribution in [0, 0.1) is 13.8 Å². The molecule has 4 nitrogen and oxygen atoms in total. The first-order chi connectivity index (χ1) is 12.3. The normalized spacial score (nSPS) is 11.4. The zero-order valence-corrected chi connectivity index (χ0v) is 14.0. The van der Waals surface area contributed by atoms with E-state index in [1.807, 2.05) is 19.1 Å². The first-order valence-corrected chi connectivity index (χ1v) is 7.77. The molecule has 1 N–H and O–H groups in total. The average Bonchev–Trinajstić information content (AvgIpc) is 2.97. The van der Waals surface area contributed by atoms with Gasteiger partial charge >= 0.3 is 6.18 Å². The molecule has 1 heterocycles. The molecule has 0 saturated heterocycles. The highest BCUT2D eigenvalue weighted by molar-refractivity contribution is 6.08. The number of hydrogen-bond acceptors (Lipinski definition) is 3. The SMILES string of the molecule is Cc1ccc(-c2onc(C)c2C(=O)Nc2cccc(C(F)(F)F)c2)cc1. The number of halogens is 3. The summed E-state index contributed by atoms with van der Waals surface area (Å²) in [5.74, 6) is -0.314. The molecule has 1 aromatic heterocycles. The number of nitrogens with zero attached hydrogens (tertiary/aromatic N) is 1. The number of aryl methyl sites for hydroxylation is 2. The summed E-state index contributed by atoms with van der Waals surface area (Å²) in [7, 11) is 0. The second kappa shape index (κ2) is 6.67. The lowest BCUT2D eigenvalue weighted by atomic mass is 10.0. The summed E-state index contributed by atoms with van der Waals surface area (Å²) in [5, 5.41) is 6.30. The highest BCUT2D eigenvalue weighted by atomic mass is 19.4. The summed E-state index contributed by atoms with van der Waals surface area (Å²) < 4.78 is 43.7. The van der Waals surface area contributed by atoms with Gasteiger partial charge in [0.25, 0.3) is 5.91 Å². The van der Waals surface area contributed by atoms with Crippen molar-refractivity contribution in [3.8, 4) is 11.3 Å². The Balaban J connectivity index is 1.92. The van der Waals surface area contributed by atoms with E-state index in [9.17, 15) is 18.0 Å². The monoisotopic (exact) mass is 360 g/mol. The number of carbonyl (C=O) groups excluding carboxylic acids is 1. The van der Waals surface area contributed by atoms with E-state index in [1.165, 1.54) is 12.1 Å². The molecule has 0 radical (unpaired) electrons. The molecule has 7 heteroatoms. The molecule has 0 aliphatic heterocycles. The summed E-state index contributed by atoms with van der Waals surface area (Å²) in [6.45, 7) is 3.53. The van der Waals surface area contributed by atoms with E-state index in [0.717, 1.165) is 17.7 Å².